The predicted molar refractivity (Wildman–Crippen MR) is 77.8 cm³/mol. The molecule has 0 heterocycles. The van der Waals surface area contributed by atoms with Crippen LogP contribution in [0.15, 0.2) is 0 Å². The summed E-state index contributed by atoms with van der Waals surface area (Å²) in [5, 5.41) is 0. The van der Waals surface area contributed by atoms with Gasteiger partial charge in [-0.25, -0.2) is 0 Å². The van der Waals surface area contributed by atoms with Gasteiger partial charge in [-0.15, -0.1) is 0 Å². The van der Waals surface area contributed by atoms with Crippen molar-refractivity contribution < 1.29 is 86.6 Å². The molecule has 0 aromatic rings. The molecule has 184 valence electrons. The first-order valence-electron chi connectivity index (χ1n) is 2.67. The summed E-state index contributed by atoms with van der Waals surface area (Å²) < 4.78 is 136. The van der Waals surface area contributed by atoms with Gasteiger partial charge < -0.3 is 73.3 Å². The smallest absolute Gasteiger partial charge is 0.759 e. The normalized spacial score (nSPS) is 8.59. The molecule has 0 bridgehead atoms. The van der Waals surface area contributed by atoms with Crippen molar-refractivity contribution in [2.45, 2.75) is 0 Å². The van der Waals surface area contributed by atoms with Gasteiger partial charge in [0.2, 0.25) is 0 Å². The van der Waals surface area contributed by atoms with Gasteiger partial charge in [-0.1, -0.05) is 0 Å². The first-order chi connectivity index (χ1) is 8.00. The molecule has 0 atom stereocenters. The van der Waals surface area contributed by atoms with E-state index >= 15 is 0 Å². The second-order valence-corrected chi connectivity index (χ2v) is 4.90. The largest absolute Gasteiger partial charge is 2.00 e. The predicted octanol–water partition coefficient (Wildman–Crippen LogP) is -3.10. The van der Waals surface area contributed by atoms with E-state index in [1.165, 1.54) is 0 Å². The van der Waals surface area contributed by atoms with Gasteiger partial charge in [0.1, 0.15) is 0 Å². The molecule has 0 aliphatic carbocycles. The molecule has 27 heavy (non-hydrogen) atoms. The minimum atomic E-state index is -5.17. The fourth-order valence-corrected chi connectivity index (χ4v) is 0. The summed E-state index contributed by atoms with van der Waals surface area (Å²) in [4.78, 5) is 0. The minimum absolute atomic E-state index is 0. The van der Waals surface area contributed by atoms with Crippen molar-refractivity contribution in [3.8, 4) is 0 Å². The second-order valence-electron chi connectivity index (χ2n) is 1.63. The van der Waals surface area contributed by atoms with Crippen LogP contribution in [0.1, 0.15) is 0 Å². The Bertz CT molecular complexity index is 494. The van der Waals surface area contributed by atoms with E-state index in [4.69, 9.17) is 70.1 Å². The number of quaternary nitrogens is 6. The zero-order valence-electron chi connectivity index (χ0n) is 14.5. The van der Waals surface area contributed by atoms with Gasteiger partial charge in [0.15, 0.2) is 0 Å². The third-order valence-electron chi connectivity index (χ3n) is 0. The van der Waals surface area contributed by atoms with E-state index in [1.54, 1.807) is 0 Å². The van der Waals surface area contributed by atoms with Crippen LogP contribution in [0, 0.1) is 0 Å². The van der Waals surface area contributed by atoms with Crippen molar-refractivity contribution in [3.05, 3.63) is 0 Å². The number of hydrogen-bond acceptors (Lipinski definition) is 16. The van der Waals surface area contributed by atoms with Crippen LogP contribution < -0.4 is 36.9 Å². The van der Waals surface area contributed by atoms with Gasteiger partial charge in [0.25, 0.3) is 0 Å². The maximum absolute atomic E-state index is 8.52. The molecule has 22 nitrogen and oxygen atoms in total. The number of hydrogen-bond donors (Lipinski definition) is 6. The van der Waals surface area contributed by atoms with E-state index in [0.717, 1.165) is 0 Å². The van der Waals surface area contributed by atoms with Crippen molar-refractivity contribution in [3.63, 3.8) is 0 Å². The summed E-state index contributed by atoms with van der Waals surface area (Å²) >= 11 is 0. The Morgan fingerprint density at radius 2 is 0.296 bits per heavy atom. The molecule has 0 radical (unpaired) electrons. The van der Waals surface area contributed by atoms with Gasteiger partial charge in [0, 0.05) is 41.6 Å². The molecule has 0 aliphatic rings. The third-order valence-corrected chi connectivity index (χ3v) is 0. The quantitative estimate of drug-likeness (QED) is 0.0985. The molecule has 0 rings (SSSR count). The summed E-state index contributed by atoms with van der Waals surface area (Å²) in [5.74, 6) is 0. The van der Waals surface area contributed by atoms with Gasteiger partial charge in [-0.3, -0.25) is 33.7 Å². The third kappa shape index (κ3) is 204000. The summed E-state index contributed by atoms with van der Waals surface area (Å²) in [6, 6.07) is 0. The van der Waals surface area contributed by atoms with E-state index in [9.17, 15) is 0 Å². The van der Waals surface area contributed by atoms with Crippen molar-refractivity contribution >= 4 is 41.6 Å². The molecule has 0 spiro atoms. The number of rotatable bonds is 0. The Morgan fingerprint density at radius 1 is 0.296 bits per heavy atom. The maximum atomic E-state index is 8.52. The summed E-state index contributed by atoms with van der Waals surface area (Å²) in [6.45, 7) is 0. The maximum Gasteiger partial charge on any atom is 2.00 e. The van der Waals surface area contributed by atoms with Crippen molar-refractivity contribution in [2.24, 2.45) is 0 Å². The molecule has 0 aromatic heterocycles. The zero-order chi connectivity index (χ0) is 18.0. The molecule has 0 unspecified atom stereocenters. The molecule has 24 N–H and O–H groups in total. The molecule has 0 aliphatic heterocycles. The first kappa shape index (κ1) is 71.5. The van der Waals surface area contributed by atoms with Crippen molar-refractivity contribution in [1.29, 1.82) is 0 Å². The molecule has 0 saturated carbocycles. The fourth-order valence-electron chi connectivity index (χ4n) is 0. The van der Waals surface area contributed by atoms with Crippen LogP contribution in [0.4, 0.5) is 0 Å². The zero-order valence-corrected chi connectivity index (χ0v) is 18.7. The Morgan fingerprint density at radius 3 is 0.296 bits per heavy atom. The Balaban J connectivity index is -0.0000000129. The second kappa shape index (κ2) is 27.9. The standard InChI is InChI=1S/6H3N.Ni.4H2O4S/c;;;;;;;4*1-5(2,3)4/h6*1H3;;4*(H2,1,2,3,4)/q;;;;;;+2;;;;/p-2. The van der Waals surface area contributed by atoms with Crippen LogP contribution in [0.3, 0.4) is 0 Å². The van der Waals surface area contributed by atoms with Gasteiger partial charge in [0.05, 0.1) is 0 Å². The van der Waals surface area contributed by atoms with Crippen LogP contribution in [0.2, 0.25) is 0 Å². The molecular weight excluding hydrogens is 527 g/mol. The van der Waals surface area contributed by atoms with Crippen LogP contribution >= 0.6 is 0 Å². The summed E-state index contributed by atoms with van der Waals surface area (Å²) in [7, 11) is -20.7. The van der Waals surface area contributed by atoms with Crippen LogP contribution in [-0.2, 0) is 58.1 Å². The molecule has 0 aromatic carbocycles. The van der Waals surface area contributed by atoms with Crippen LogP contribution in [-0.4, -0.2) is 70.1 Å². The van der Waals surface area contributed by atoms with Crippen molar-refractivity contribution in [1.82, 2.24) is 36.9 Å². The van der Waals surface area contributed by atoms with E-state index in [1.807, 2.05) is 0 Å². The van der Waals surface area contributed by atoms with E-state index < -0.39 is 41.6 Å². The Labute approximate surface area is 165 Å². The van der Waals surface area contributed by atoms with E-state index in [-0.39, 0.29) is 53.4 Å². The first-order valence-corrected chi connectivity index (χ1v) is 8.00. The Hall–Kier alpha value is -0.266. The molecule has 0 amide bonds. The fraction of sp³-hybridized carbons (Fsp3) is 0. The van der Waals surface area contributed by atoms with Crippen molar-refractivity contribution in [2.75, 3.05) is 0 Å². The van der Waals surface area contributed by atoms with Crippen LogP contribution in [0.25, 0.3) is 0 Å². The van der Waals surface area contributed by atoms with E-state index in [0.29, 0.717) is 0 Å². The molecular formula is H24N6NiO16S4. The SMILES string of the molecule is O=S(=O)([O-])[O-].O=S(=O)([O-])[O-].O=S(=O)([O-])[O-].O=S(=O)([O-])[O-].[NH4+].[NH4+].[NH4+].[NH4+].[NH4+].[NH4+].[Ni+2]. The van der Waals surface area contributed by atoms with Crippen LogP contribution in [0.5, 0.6) is 0 Å². The van der Waals surface area contributed by atoms with Gasteiger partial charge in [-0.2, -0.15) is 0 Å². The topological polar surface area (TPSA) is 540 Å². The minimum Gasteiger partial charge on any atom is -0.759 e. The molecule has 0 saturated heterocycles. The Kier molecular flexibility index (Phi) is 74.0. The average molecular weight is 551 g/mol. The summed E-state index contributed by atoms with van der Waals surface area (Å²) in [6.07, 6.45) is 0. The molecule has 0 fully saturated rings. The average Bonchev–Trinajstić information content (AvgIpc) is 1.62. The van der Waals surface area contributed by atoms with Gasteiger partial charge in [-0.05, 0) is 0 Å². The monoisotopic (exact) mass is 550 g/mol. The molecule has 27 heteroatoms. The summed E-state index contributed by atoms with van der Waals surface area (Å²) in [5.41, 5.74) is 0. The van der Waals surface area contributed by atoms with E-state index in [2.05, 4.69) is 0 Å². The van der Waals surface area contributed by atoms with Gasteiger partial charge >= 0.3 is 16.5 Å².